The predicted molar refractivity (Wildman–Crippen MR) is 78.7 cm³/mol. The maximum Gasteiger partial charge on any atom is 0.256 e. The molecule has 0 aromatic heterocycles. The van der Waals surface area contributed by atoms with E-state index in [0.717, 1.165) is 0 Å². The molecule has 1 aliphatic rings. The molecule has 1 saturated heterocycles. The van der Waals surface area contributed by atoms with Crippen LogP contribution >= 0.6 is 12.2 Å². The van der Waals surface area contributed by atoms with Gasteiger partial charge in [-0.1, -0.05) is 13.8 Å². The average molecular weight is 368 g/mol. The van der Waals surface area contributed by atoms with E-state index in [1.807, 2.05) is 0 Å². The van der Waals surface area contributed by atoms with Gasteiger partial charge < -0.3 is 10.0 Å². The number of aliphatic hydroxyl groups is 1. The van der Waals surface area contributed by atoms with E-state index >= 15 is 0 Å². The lowest BCUT2D eigenvalue weighted by molar-refractivity contribution is -0.120. The molecule has 1 aromatic rings. The van der Waals surface area contributed by atoms with Gasteiger partial charge in [0, 0.05) is 6.54 Å². The van der Waals surface area contributed by atoms with Gasteiger partial charge >= 0.3 is 0 Å². The Morgan fingerprint density at radius 1 is 1.04 bits per heavy atom. The number of rotatable bonds is 4. The number of hydrogen-bond donors (Lipinski definition) is 1. The minimum Gasteiger partial charge on any atom is -0.395 e. The van der Waals surface area contributed by atoms with Crippen molar-refractivity contribution in [1.82, 2.24) is 4.90 Å². The highest BCUT2D eigenvalue weighted by molar-refractivity contribution is 7.80. The summed E-state index contributed by atoms with van der Waals surface area (Å²) < 4.78 is 68.0. The second-order valence-electron chi connectivity index (χ2n) is 5.48. The Balaban J connectivity index is 2.65. The van der Waals surface area contributed by atoms with Gasteiger partial charge in [-0.2, -0.15) is 0 Å². The smallest absolute Gasteiger partial charge is 0.256 e. The molecule has 10 heteroatoms. The van der Waals surface area contributed by atoms with E-state index in [-0.39, 0.29) is 12.5 Å². The van der Waals surface area contributed by atoms with E-state index in [0.29, 0.717) is 4.90 Å². The van der Waals surface area contributed by atoms with Gasteiger partial charge in [-0.15, -0.1) is 0 Å². The van der Waals surface area contributed by atoms with Crippen molar-refractivity contribution in [3.63, 3.8) is 0 Å². The number of hydrogen-bond acceptors (Lipinski definition) is 3. The molecule has 1 aromatic carbocycles. The van der Waals surface area contributed by atoms with Crippen LogP contribution in [0.4, 0.5) is 27.6 Å². The van der Waals surface area contributed by atoms with Crippen molar-refractivity contribution in [2.24, 2.45) is 5.92 Å². The van der Waals surface area contributed by atoms with Crippen molar-refractivity contribution in [1.29, 1.82) is 0 Å². The molecule has 0 aliphatic carbocycles. The lowest BCUT2D eigenvalue weighted by Crippen LogP contribution is -2.40. The van der Waals surface area contributed by atoms with E-state index in [1.165, 1.54) is 4.90 Å². The van der Waals surface area contributed by atoms with Crippen LogP contribution in [0.5, 0.6) is 0 Å². The van der Waals surface area contributed by atoms with Crippen molar-refractivity contribution >= 4 is 28.9 Å². The summed E-state index contributed by atoms with van der Waals surface area (Å²) in [6, 6.07) is -0.986. The maximum absolute atomic E-state index is 14.0. The highest BCUT2D eigenvalue weighted by Gasteiger charge is 2.47. The fourth-order valence-corrected chi connectivity index (χ4v) is 2.98. The van der Waals surface area contributed by atoms with Crippen LogP contribution in [-0.4, -0.2) is 40.2 Å². The molecule has 1 amide bonds. The van der Waals surface area contributed by atoms with Gasteiger partial charge in [0.25, 0.3) is 5.91 Å². The van der Waals surface area contributed by atoms with Gasteiger partial charge in [-0.25, -0.2) is 26.9 Å². The highest BCUT2D eigenvalue weighted by atomic mass is 32.1. The number of halogens is 5. The second kappa shape index (κ2) is 6.60. The zero-order valence-electron chi connectivity index (χ0n) is 12.6. The number of carbonyl (C=O) groups is 1. The van der Waals surface area contributed by atoms with Gasteiger partial charge in [0.05, 0.1) is 6.61 Å². The van der Waals surface area contributed by atoms with Crippen molar-refractivity contribution in [3.05, 3.63) is 29.1 Å². The molecule has 1 unspecified atom stereocenters. The molecule has 0 spiro atoms. The molecule has 1 aliphatic heterocycles. The first-order chi connectivity index (χ1) is 11.1. The summed E-state index contributed by atoms with van der Waals surface area (Å²) in [6.45, 7) is 2.70. The molecule has 1 atom stereocenters. The quantitative estimate of drug-likeness (QED) is 0.384. The summed E-state index contributed by atoms with van der Waals surface area (Å²) in [5.41, 5.74) is -1.41. The SMILES string of the molecule is CC(C)C1C(=O)N(c2c(F)c(F)c(F)c(F)c2F)C(=S)N1CCO. The molecule has 132 valence electrons. The van der Waals surface area contributed by atoms with Crippen molar-refractivity contribution < 1.29 is 31.9 Å². The van der Waals surface area contributed by atoms with Crippen LogP contribution < -0.4 is 4.90 Å². The Hall–Kier alpha value is -1.81. The molecule has 4 nitrogen and oxygen atoms in total. The van der Waals surface area contributed by atoms with Crippen LogP contribution in [0.25, 0.3) is 0 Å². The number of β-amino-alcohol motifs (C(OH)–C–C–N with tert-alkyl or cyclic N) is 1. The second-order valence-corrected chi connectivity index (χ2v) is 5.85. The molecule has 0 radical (unpaired) electrons. The van der Waals surface area contributed by atoms with E-state index in [4.69, 9.17) is 17.3 Å². The molecule has 0 bridgehead atoms. The number of benzene rings is 1. The summed E-state index contributed by atoms with van der Waals surface area (Å²) in [6.07, 6.45) is 0. The number of carbonyl (C=O) groups excluding carboxylic acids is 1. The van der Waals surface area contributed by atoms with Gasteiger partial charge in [0.2, 0.25) is 5.82 Å². The number of thiocarbonyl (C=S) groups is 1. The van der Waals surface area contributed by atoms with Crippen molar-refractivity contribution in [2.45, 2.75) is 19.9 Å². The van der Waals surface area contributed by atoms with Crippen LogP contribution in [0.15, 0.2) is 0 Å². The first kappa shape index (κ1) is 18.5. The predicted octanol–water partition coefficient (Wildman–Crippen LogP) is 2.33. The summed E-state index contributed by atoms with van der Waals surface area (Å²) >= 11 is 4.97. The summed E-state index contributed by atoms with van der Waals surface area (Å²) in [5, 5.41) is 8.64. The summed E-state index contributed by atoms with van der Waals surface area (Å²) in [5.74, 6) is -12.2. The molecular formula is C14H13F5N2O2S. The summed E-state index contributed by atoms with van der Waals surface area (Å²) in [4.78, 5) is 14.0. The lowest BCUT2D eigenvalue weighted by atomic mass is 10.0. The molecular weight excluding hydrogens is 355 g/mol. The Morgan fingerprint density at radius 2 is 1.50 bits per heavy atom. The van der Waals surface area contributed by atoms with Crippen molar-refractivity contribution in [3.8, 4) is 0 Å². The number of aliphatic hydroxyl groups excluding tert-OH is 1. The third kappa shape index (κ3) is 2.63. The largest absolute Gasteiger partial charge is 0.395 e. The molecule has 0 saturated carbocycles. The Bertz CT molecular complexity index is 684. The van der Waals surface area contributed by atoms with Gasteiger partial charge in [-0.05, 0) is 18.1 Å². The van der Waals surface area contributed by atoms with Crippen molar-refractivity contribution in [2.75, 3.05) is 18.1 Å². The average Bonchev–Trinajstić information content (AvgIpc) is 2.76. The van der Waals surface area contributed by atoms with E-state index in [9.17, 15) is 26.7 Å². The van der Waals surface area contributed by atoms with Crippen LogP contribution in [0, 0.1) is 35.0 Å². The standard InChI is InChI=1S/C14H13F5N2O2S/c1-5(2)11-13(23)21(14(24)20(11)3-4-22)12-9(18)7(16)6(15)8(17)10(12)19/h5,11,22H,3-4H2,1-2H3. The first-order valence-corrected chi connectivity index (χ1v) is 7.32. The van der Waals surface area contributed by atoms with Crippen LogP contribution in [-0.2, 0) is 4.79 Å². The van der Waals surface area contributed by atoms with Crippen LogP contribution in [0.3, 0.4) is 0 Å². The number of amides is 1. The zero-order valence-corrected chi connectivity index (χ0v) is 13.4. The minimum atomic E-state index is -2.32. The van der Waals surface area contributed by atoms with Gasteiger partial charge in [-0.3, -0.25) is 4.79 Å². The number of anilines is 1. The topological polar surface area (TPSA) is 43.8 Å². The third-order valence-corrected chi connectivity index (χ3v) is 4.05. The van der Waals surface area contributed by atoms with E-state index < -0.39 is 58.4 Å². The highest BCUT2D eigenvalue weighted by Crippen LogP contribution is 2.35. The third-order valence-electron chi connectivity index (χ3n) is 3.63. The lowest BCUT2D eigenvalue weighted by Gasteiger charge is -2.25. The molecule has 24 heavy (non-hydrogen) atoms. The zero-order chi connectivity index (χ0) is 18.3. The normalized spacial score (nSPS) is 18.3. The first-order valence-electron chi connectivity index (χ1n) is 6.91. The minimum absolute atomic E-state index is 0.126. The maximum atomic E-state index is 14.0. The van der Waals surface area contributed by atoms with E-state index in [1.54, 1.807) is 13.8 Å². The van der Waals surface area contributed by atoms with Crippen LogP contribution in [0.2, 0.25) is 0 Å². The van der Waals surface area contributed by atoms with Gasteiger partial charge in [0.1, 0.15) is 11.7 Å². The molecule has 1 N–H and O–H groups in total. The number of nitrogens with zero attached hydrogens (tertiary/aromatic N) is 2. The fraction of sp³-hybridized carbons (Fsp3) is 0.429. The Kier molecular flexibility index (Phi) is 5.09. The Labute approximate surface area is 139 Å². The molecule has 1 heterocycles. The van der Waals surface area contributed by atoms with E-state index in [2.05, 4.69) is 0 Å². The Morgan fingerprint density at radius 3 is 1.92 bits per heavy atom. The van der Waals surface area contributed by atoms with Crippen LogP contribution in [0.1, 0.15) is 13.8 Å². The molecule has 1 fully saturated rings. The monoisotopic (exact) mass is 368 g/mol. The summed E-state index contributed by atoms with van der Waals surface area (Å²) in [7, 11) is 0. The van der Waals surface area contributed by atoms with Gasteiger partial charge in [0.15, 0.2) is 28.4 Å². The molecule has 2 rings (SSSR count). The fourth-order valence-electron chi connectivity index (χ4n) is 2.59.